The third-order valence-corrected chi connectivity index (χ3v) is 4.17. The molecule has 1 aromatic carbocycles. The minimum absolute atomic E-state index is 0.0480. The Morgan fingerprint density at radius 1 is 1.19 bits per heavy atom. The third kappa shape index (κ3) is 4.21. The topological polar surface area (TPSA) is 35.6 Å². The van der Waals surface area contributed by atoms with Crippen molar-refractivity contribution in [1.29, 1.82) is 0 Å². The normalized spacial score (nSPS) is 17.0. The first-order chi connectivity index (χ1) is 9.97. The van der Waals surface area contributed by atoms with Gasteiger partial charge in [-0.25, -0.2) is 0 Å². The van der Waals surface area contributed by atoms with Gasteiger partial charge in [0, 0.05) is 50.5 Å². The summed E-state index contributed by atoms with van der Waals surface area (Å²) in [5, 5.41) is 3.58. The molecular weight excluding hydrogens is 262 g/mol. The molecule has 4 nitrogen and oxygen atoms in total. The van der Waals surface area contributed by atoms with Gasteiger partial charge in [-0.3, -0.25) is 4.79 Å². The van der Waals surface area contributed by atoms with E-state index in [0.29, 0.717) is 12.1 Å². The van der Waals surface area contributed by atoms with Crippen molar-refractivity contribution in [2.45, 2.75) is 38.8 Å². The number of benzene rings is 1. The lowest BCUT2D eigenvalue weighted by Gasteiger charge is -2.35. The van der Waals surface area contributed by atoms with Gasteiger partial charge in [-0.15, -0.1) is 0 Å². The van der Waals surface area contributed by atoms with Crippen molar-refractivity contribution in [1.82, 2.24) is 9.80 Å². The predicted molar refractivity (Wildman–Crippen MR) is 87.8 cm³/mol. The van der Waals surface area contributed by atoms with E-state index in [9.17, 15) is 4.79 Å². The summed E-state index contributed by atoms with van der Waals surface area (Å²) in [6.07, 6.45) is 2.35. The molecule has 0 saturated carbocycles. The van der Waals surface area contributed by atoms with Crippen LogP contribution >= 0.6 is 0 Å². The molecule has 0 radical (unpaired) electrons. The van der Waals surface area contributed by atoms with E-state index in [1.54, 1.807) is 19.0 Å². The van der Waals surface area contributed by atoms with Crippen LogP contribution < -0.4 is 5.32 Å². The van der Waals surface area contributed by atoms with Gasteiger partial charge in [-0.2, -0.15) is 0 Å². The lowest BCUT2D eigenvalue weighted by Crippen LogP contribution is -2.42. The van der Waals surface area contributed by atoms with E-state index in [-0.39, 0.29) is 5.91 Å². The molecule has 1 heterocycles. The van der Waals surface area contributed by atoms with E-state index in [4.69, 9.17) is 0 Å². The average molecular weight is 289 g/mol. The van der Waals surface area contributed by atoms with Crippen LogP contribution in [-0.4, -0.2) is 55.0 Å². The number of carbonyl (C=O) groups excluding carboxylic acids is 1. The molecule has 4 heteroatoms. The average Bonchev–Trinajstić information content (AvgIpc) is 2.47. The van der Waals surface area contributed by atoms with Gasteiger partial charge in [0.1, 0.15) is 0 Å². The molecule has 0 unspecified atom stereocenters. The number of nitrogens with zero attached hydrogens (tertiary/aromatic N) is 2. The summed E-state index contributed by atoms with van der Waals surface area (Å²) >= 11 is 0. The first-order valence-corrected chi connectivity index (χ1v) is 7.79. The second kappa shape index (κ2) is 6.94. The maximum Gasteiger partial charge on any atom is 0.253 e. The van der Waals surface area contributed by atoms with Crippen molar-refractivity contribution in [3.05, 3.63) is 29.8 Å². The highest BCUT2D eigenvalue weighted by atomic mass is 16.2. The summed E-state index contributed by atoms with van der Waals surface area (Å²) in [7, 11) is 3.55. The SMILES string of the molecule is CC(C)N1CCC(Nc2ccc(C(=O)N(C)C)cc2)CC1. The van der Waals surface area contributed by atoms with Gasteiger partial charge >= 0.3 is 0 Å². The lowest BCUT2D eigenvalue weighted by molar-refractivity contribution is 0.0827. The Morgan fingerprint density at radius 2 is 1.76 bits per heavy atom. The van der Waals surface area contributed by atoms with Crippen molar-refractivity contribution in [3.63, 3.8) is 0 Å². The molecule has 0 aliphatic carbocycles. The molecule has 1 aromatic rings. The predicted octanol–water partition coefficient (Wildman–Crippen LogP) is 2.67. The van der Waals surface area contributed by atoms with Gasteiger partial charge in [-0.05, 0) is 51.0 Å². The van der Waals surface area contributed by atoms with Crippen LogP contribution in [0.15, 0.2) is 24.3 Å². The van der Waals surface area contributed by atoms with E-state index in [1.165, 1.54) is 12.8 Å². The number of nitrogens with one attached hydrogen (secondary N) is 1. The van der Waals surface area contributed by atoms with Crippen molar-refractivity contribution in [2.75, 3.05) is 32.5 Å². The first-order valence-electron chi connectivity index (χ1n) is 7.79. The molecule has 1 amide bonds. The number of hydrogen-bond acceptors (Lipinski definition) is 3. The van der Waals surface area contributed by atoms with Crippen molar-refractivity contribution < 1.29 is 4.79 Å². The number of piperidine rings is 1. The summed E-state index contributed by atoms with van der Waals surface area (Å²) in [6, 6.07) is 8.98. The Labute approximate surface area is 128 Å². The van der Waals surface area contributed by atoms with Gasteiger partial charge in [0.25, 0.3) is 5.91 Å². The Bertz CT molecular complexity index is 459. The Hall–Kier alpha value is -1.55. The summed E-state index contributed by atoms with van der Waals surface area (Å²) in [4.78, 5) is 16.0. The number of amides is 1. The summed E-state index contributed by atoms with van der Waals surface area (Å²) < 4.78 is 0. The van der Waals surface area contributed by atoms with Crippen molar-refractivity contribution in [2.24, 2.45) is 0 Å². The molecule has 1 aliphatic rings. The van der Waals surface area contributed by atoms with E-state index in [0.717, 1.165) is 24.3 Å². The fraction of sp³-hybridized carbons (Fsp3) is 0.588. The van der Waals surface area contributed by atoms with Crippen LogP contribution in [0, 0.1) is 0 Å². The highest BCUT2D eigenvalue weighted by molar-refractivity contribution is 5.94. The van der Waals surface area contributed by atoms with Gasteiger partial charge in [0.2, 0.25) is 0 Å². The summed E-state index contributed by atoms with van der Waals surface area (Å²) in [5.74, 6) is 0.0480. The van der Waals surface area contributed by atoms with E-state index < -0.39 is 0 Å². The largest absolute Gasteiger partial charge is 0.382 e. The third-order valence-electron chi connectivity index (χ3n) is 4.17. The maximum absolute atomic E-state index is 11.8. The molecule has 0 spiro atoms. The Morgan fingerprint density at radius 3 is 2.24 bits per heavy atom. The Kier molecular flexibility index (Phi) is 5.23. The Balaban J connectivity index is 1.88. The molecular formula is C17H27N3O. The van der Waals surface area contributed by atoms with Crippen molar-refractivity contribution in [3.8, 4) is 0 Å². The van der Waals surface area contributed by atoms with Gasteiger partial charge in [0.15, 0.2) is 0 Å². The van der Waals surface area contributed by atoms with E-state index >= 15 is 0 Å². The molecule has 1 saturated heterocycles. The summed E-state index contributed by atoms with van der Waals surface area (Å²) in [6.45, 7) is 6.83. The second-order valence-electron chi connectivity index (χ2n) is 6.33. The zero-order valence-electron chi connectivity index (χ0n) is 13.6. The smallest absolute Gasteiger partial charge is 0.253 e. The fourth-order valence-electron chi connectivity index (χ4n) is 2.76. The van der Waals surface area contributed by atoms with Gasteiger partial charge in [0.05, 0.1) is 0 Å². The monoisotopic (exact) mass is 289 g/mol. The highest BCUT2D eigenvalue weighted by Crippen LogP contribution is 2.18. The van der Waals surface area contributed by atoms with Crippen LogP contribution in [0.2, 0.25) is 0 Å². The molecule has 116 valence electrons. The molecule has 0 atom stereocenters. The van der Waals surface area contributed by atoms with E-state index in [2.05, 4.69) is 24.1 Å². The molecule has 1 aliphatic heterocycles. The number of carbonyl (C=O) groups is 1. The lowest BCUT2D eigenvalue weighted by atomic mass is 10.0. The van der Waals surface area contributed by atoms with Crippen LogP contribution in [0.3, 0.4) is 0 Å². The minimum atomic E-state index is 0.0480. The number of rotatable bonds is 4. The highest BCUT2D eigenvalue weighted by Gasteiger charge is 2.20. The van der Waals surface area contributed by atoms with Gasteiger partial charge in [-0.1, -0.05) is 0 Å². The van der Waals surface area contributed by atoms with Crippen LogP contribution in [0.4, 0.5) is 5.69 Å². The zero-order valence-corrected chi connectivity index (χ0v) is 13.6. The molecule has 0 bridgehead atoms. The molecule has 2 rings (SSSR count). The van der Waals surface area contributed by atoms with Crippen molar-refractivity contribution >= 4 is 11.6 Å². The number of anilines is 1. The first kappa shape index (κ1) is 15.8. The molecule has 0 aromatic heterocycles. The number of hydrogen-bond donors (Lipinski definition) is 1. The van der Waals surface area contributed by atoms with Gasteiger partial charge < -0.3 is 15.1 Å². The molecule has 21 heavy (non-hydrogen) atoms. The van der Waals surface area contributed by atoms with Crippen LogP contribution in [0.5, 0.6) is 0 Å². The molecule has 1 N–H and O–H groups in total. The van der Waals surface area contributed by atoms with E-state index in [1.807, 2.05) is 24.3 Å². The standard InChI is InChI=1S/C17H27N3O/c1-13(2)20-11-9-16(10-12-20)18-15-7-5-14(6-8-15)17(21)19(3)4/h5-8,13,16,18H,9-12H2,1-4H3. The number of likely N-dealkylation sites (tertiary alicyclic amines) is 1. The molecule has 1 fully saturated rings. The van der Waals surface area contributed by atoms with Crippen LogP contribution in [0.1, 0.15) is 37.0 Å². The van der Waals surface area contributed by atoms with Crippen LogP contribution in [-0.2, 0) is 0 Å². The minimum Gasteiger partial charge on any atom is -0.382 e. The summed E-state index contributed by atoms with van der Waals surface area (Å²) in [5.41, 5.74) is 1.84. The quantitative estimate of drug-likeness (QED) is 0.925. The fourth-order valence-corrected chi connectivity index (χ4v) is 2.76. The maximum atomic E-state index is 11.8. The zero-order chi connectivity index (χ0) is 15.4. The second-order valence-corrected chi connectivity index (χ2v) is 6.33. The van der Waals surface area contributed by atoms with Crippen LogP contribution in [0.25, 0.3) is 0 Å².